The largest absolute Gasteiger partial charge is 0.0628 e. The third-order valence-electron chi connectivity index (χ3n) is 0.843. The maximum atomic E-state index is 5.49. The lowest BCUT2D eigenvalue weighted by Crippen LogP contribution is -1.93. The normalized spacial score (nSPS) is 11.1. The molecule has 0 nitrogen and oxygen atoms in total. The highest BCUT2D eigenvalue weighted by atomic mass is 14.0. The molecular weight excluding hydrogens is 84.1 g/mol. The van der Waals surface area contributed by atoms with Gasteiger partial charge >= 0.3 is 0 Å². The van der Waals surface area contributed by atoms with Gasteiger partial charge in [-0.05, 0) is 25.2 Å². The summed E-state index contributed by atoms with van der Waals surface area (Å²) < 4.78 is 0. The molecule has 0 aliphatic carbocycles. The van der Waals surface area contributed by atoms with Gasteiger partial charge in [0.15, 0.2) is 0 Å². The van der Waals surface area contributed by atoms with Crippen LogP contribution in [0.3, 0.4) is 0 Å². The smallest absolute Gasteiger partial charge is 0.0321 e. The van der Waals surface area contributed by atoms with Crippen molar-refractivity contribution in [3.63, 3.8) is 0 Å². The van der Waals surface area contributed by atoms with Crippen LogP contribution in [0.15, 0.2) is 0 Å². The second-order valence-corrected chi connectivity index (χ2v) is 2.61. The molecule has 0 bridgehead atoms. The van der Waals surface area contributed by atoms with Gasteiger partial charge in [-0.15, -0.1) is 0 Å². The minimum Gasteiger partial charge on any atom is -0.0628 e. The molecule has 7 heavy (non-hydrogen) atoms. The Morgan fingerprint density at radius 3 is 1.71 bits per heavy atom. The van der Waals surface area contributed by atoms with Crippen molar-refractivity contribution in [3.05, 3.63) is 6.92 Å². The third-order valence-corrected chi connectivity index (χ3v) is 0.843. The van der Waals surface area contributed by atoms with Crippen LogP contribution in [0.25, 0.3) is 0 Å². The number of rotatable bonds is 2. The van der Waals surface area contributed by atoms with E-state index in [9.17, 15) is 0 Å². The van der Waals surface area contributed by atoms with E-state index in [0.717, 1.165) is 12.3 Å². The van der Waals surface area contributed by atoms with Crippen LogP contribution < -0.4 is 0 Å². The molecule has 0 aromatic rings. The van der Waals surface area contributed by atoms with E-state index in [1.165, 1.54) is 0 Å². The number of hydrogen-bond acceptors (Lipinski definition) is 0. The van der Waals surface area contributed by atoms with Crippen LogP contribution in [0.1, 0.15) is 27.2 Å². The molecular formula is C7H14. The average molecular weight is 98.2 g/mol. The Morgan fingerprint density at radius 2 is 1.71 bits per heavy atom. The zero-order chi connectivity index (χ0) is 5.86. The van der Waals surface area contributed by atoms with Gasteiger partial charge in [-0.3, -0.25) is 0 Å². The lowest BCUT2D eigenvalue weighted by Gasteiger charge is -2.05. The second-order valence-electron chi connectivity index (χ2n) is 2.61. The Morgan fingerprint density at radius 1 is 1.29 bits per heavy atom. The molecule has 0 rings (SSSR count). The molecule has 1 unspecified atom stereocenters. The van der Waals surface area contributed by atoms with Crippen molar-refractivity contribution in [2.45, 2.75) is 27.2 Å². The second kappa shape index (κ2) is 3.06. The van der Waals surface area contributed by atoms with E-state index >= 15 is 0 Å². The first-order valence-electron chi connectivity index (χ1n) is 2.88. The van der Waals surface area contributed by atoms with Crippen LogP contribution in [0.4, 0.5) is 0 Å². The van der Waals surface area contributed by atoms with E-state index in [1.807, 2.05) is 6.92 Å². The van der Waals surface area contributed by atoms with Crippen molar-refractivity contribution in [3.8, 4) is 0 Å². The van der Waals surface area contributed by atoms with Crippen LogP contribution >= 0.6 is 0 Å². The maximum absolute atomic E-state index is 5.49. The van der Waals surface area contributed by atoms with E-state index < -0.39 is 0 Å². The molecule has 2 radical (unpaired) electrons. The lowest BCUT2D eigenvalue weighted by molar-refractivity contribution is 0.501. The van der Waals surface area contributed by atoms with Gasteiger partial charge in [-0.25, -0.2) is 0 Å². The van der Waals surface area contributed by atoms with Crippen LogP contribution in [-0.2, 0) is 0 Å². The molecule has 0 saturated heterocycles. The summed E-state index contributed by atoms with van der Waals surface area (Å²) in [7, 11) is 0. The minimum atomic E-state index is 0.375. The molecule has 42 valence electrons. The standard InChI is InChI=1S/C7H14/c1-6(2)5-7(3)4/h1,6-7H,5H2,2-4H3. The lowest BCUT2D eigenvalue weighted by atomic mass is 10.0. The van der Waals surface area contributed by atoms with Crippen LogP contribution in [0, 0.1) is 18.8 Å². The van der Waals surface area contributed by atoms with Gasteiger partial charge in [-0.2, -0.15) is 0 Å². The van der Waals surface area contributed by atoms with Gasteiger partial charge < -0.3 is 0 Å². The first-order chi connectivity index (χ1) is 3.13. The molecule has 0 saturated carbocycles. The van der Waals surface area contributed by atoms with Gasteiger partial charge in [0.25, 0.3) is 0 Å². The highest BCUT2D eigenvalue weighted by Crippen LogP contribution is 2.07. The summed E-state index contributed by atoms with van der Waals surface area (Å²) in [5.41, 5.74) is 0. The highest BCUT2D eigenvalue weighted by molar-refractivity contribution is 4.55. The molecule has 0 aliphatic rings. The highest BCUT2D eigenvalue weighted by Gasteiger charge is 1.96. The summed E-state index contributed by atoms with van der Waals surface area (Å²) in [5.74, 6) is 1.12. The average Bonchev–Trinajstić information content (AvgIpc) is 1.27. The Kier molecular flexibility index (Phi) is 3.06. The predicted octanol–water partition coefficient (Wildman–Crippen LogP) is 2.38. The van der Waals surface area contributed by atoms with Crippen molar-refractivity contribution in [2.24, 2.45) is 11.8 Å². The van der Waals surface area contributed by atoms with Gasteiger partial charge in [0.1, 0.15) is 0 Å². The fourth-order valence-corrected chi connectivity index (χ4v) is 0.744. The summed E-state index contributed by atoms with van der Waals surface area (Å²) in [6.07, 6.45) is 1.14. The molecule has 0 heteroatoms. The topological polar surface area (TPSA) is 0 Å². The zero-order valence-electron chi connectivity index (χ0n) is 5.44. The van der Waals surface area contributed by atoms with Crippen LogP contribution in [-0.4, -0.2) is 0 Å². The van der Waals surface area contributed by atoms with E-state index in [2.05, 4.69) is 13.8 Å². The monoisotopic (exact) mass is 98.1 g/mol. The van der Waals surface area contributed by atoms with Gasteiger partial charge in [0, 0.05) is 0 Å². The first kappa shape index (κ1) is 7.00. The molecule has 0 aliphatic heterocycles. The fourth-order valence-electron chi connectivity index (χ4n) is 0.744. The Bertz CT molecular complexity index is 29.3. The zero-order valence-corrected chi connectivity index (χ0v) is 5.44. The van der Waals surface area contributed by atoms with Crippen LogP contribution in [0.5, 0.6) is 0 Å². The van der Waals surface area contributed by atoms with E-state index in [0.29, 0.717) is 5.92 Å². The summed E-state index contributed by atoms with van der Waals surface area (Å²) >= 11 is 0. The van der Waals surface area contributed by atoms with Crippen molar-refractivity contribution in [1.82, 2.24) is 0 Å². The Labute approximate surface area is 46.9 Å². The molecule has 0 fully saturated rings. The number of hydrogen-bond donors (Lipinski definition) is 0. The third kappa shape index (κ3) is 6.00. The molecule has 0 aromatic heterocycles. The molecule has 0 N–H and O–H groups in total. The van der Waals surface area contributed by atoms with Crippen LogP contribution in [0.2, 0.25) is 0 Å². The Hall–Kier alpha value is 0. The van der Waals surface area contributed by atoms with Crippen molar-refractivity contribution < 1.29 is 0 Å². The molecule has 0 spiro atoms. The first-order valence-corrected chi connectivity index (χ1v) is 2.88. The summed E-state index contributed by atoms with van der Waals surface area (Å²) in [6.45, 7) is 11.9. The van der Waals surface area contributed by atoms with E-state index in [-0.39, 0.29) is 0 Å². The van der Waals surface area contributed by atoms with Gasteiger partial charge in [0.05, 0.1) is 0 Å². The summed E-state index contributed by atoms with van der Waals surface area (Å²) in [5, 5.41) is 0. The van der Waals surface area contributed by atoms with E-state index in [1.54, 1.807) is 0 Å². The molecule has 1 atom stereocenters. The Balaban J connectivity index is 2.95. The van der Waals surface area contributed by atoms with Gasteiger partial charge in [0.2, 0.25) is 0 Å². The van der Waals surface area contributed by atoms with Crippen molar-refractivity contribution >= 4 is 0 Å². The van der Waals surface area contributed by atoms with Gasteiger partial charge in [-0.1, -0.05) is 20.8 Å². The molecule has 0 aromatic carbocycles. The maximum Gasteiger partial charge on any atom is -0.0321 e. The predicted molar refractivity (Wildman–Crippen MR) is 32.9 cm³/mol. The van der Waals surface area contributed by atoms with Crippen molar-refractivity contribution in [2.75, 3.05) is 0 Å². The molecule has 0 amide bonds. The van der Waals surface area contributed by atoms with E-state index in [4.69, 9.17) is 6.92 Å². The quantitative estimate of drug-likeness (QED) is 0.497. The summed E-state index contributed by atoms with van der Waals surface area (Å²) in [4.78, 5) is 0. The van der Waals surface area contributed by atoms with Crippen molar-refractivity contribution in [1.29, 1.82) is 0 Å². The molecule has 0 heterocycles. The SMILES string of the molecule is [CH]C(C)CC(C)C. The fraction of sp³-hybridized carbons (Fsp3) is 0.857. The minimum absolute atomic E-state index is 0.375. The summed E-state index contributed by atoms with van der Waals surface area (Å²) in [6, 6.07) is 0.